The van der Waals surface area contributed by atoms with Crippen LogP contribution in [0.1, 0.15) is 68.8 Å². The molecule has 0 bridgehead atoms. The summed E-state index contributed by atoms with van der Waals surface area (Å²) in [5.41, 5.74) is 4.78. The summed E-state index contributed by atoms with van der Waals surface area (Å²) in [6, 6.07) is 10.6. The Bertz CT molecular complexity index is 511. The Hall–Kier alpha value is -1.77. The van der Waals surface area contributed by atoms with Crippen molar-refractivity contribution in [3.05, 3.63) is 48.4 Å². The van der Waals surface area contributed by atoms with Gasteiger partial charge in [0, 0.05) is 7.85 Å². The van der Waals surface area contributed by atoms with E-state index in [2.05, 4.69) is 88.9 Å². The molecule has 0 radical (unpaired) electrons. The maximum atomic E-state index is 4.86. The summed E-state index contributed by atoms with van der Waals surface area (Å²) in [5, 5.41) is 0. The topological polar surface area (TPSA) is 33.6 Å². The molecular formula is C21H38N2O. The predicted molar refractivity (Wildman–Crippen MR) is 108 cm³/mol. The highest BCUT2D eigenvalue weighted by molar-refractivity contribution is 5.83. The van der Waals surface area contributed by atoms with E-state index in [1.165, 1.54) is 5.56 Å². The Labute approximate surface area is 150 Å². The molecule has 1 aromatic rings. The summed E-state index contributed by atoms with van der Waals surface area (Å²) in [6.45, 7) is 20.8. The van der Waals surface area contributed by atoms with E-state index < -0.39 is 0 Å². The van der Waals surface area contributed by atoms with Crippen LogP contribution in [0.15, 0.2) is 47.8 Å². The van der Waals surface area contributed by atoms with Crippen LogP contribution in [-0.2, 0) is 11.3 Å². The zero-order chi connectivity index (χ0) is 18.8. The van der Waals surface area contributed by atoms with Crippen LogP contribution in [0, 0.1) is 10.8 Å². The highest BCUT2D eigenvalue weighted by atomic mass is 16.7. The van der Waals surface area contributed by atoms with Gasteiger partial charge in [0.25, 0.3) is 0 Å². The third-order valence-corrected chi connectivity index (χ3v) is 2.82. The van der Waals surface area contributed by atoms with Gasteiger partial charge < -0.3 is 4.84 Å². The summed E-state index contributed by atoms with van der Waals surface area (Å²) in [7, 11) is 0. The maximum Gasteiger partial charge on any atom is 0.240 e. The van der Waals surface area contributed by atoms with Crippen molar-refractivity contribution < 1.29 is 6.26 Å². The highest BCUT2D eigenvalue weighted by Gasteiger charge is 2.18. The fourth-order valence-corrected chi connectivity index (χ4v) is 2.10. The van der Waals surface area contributed by atoms with Crippen molar-refractivity contribution in [2.75, 3.05) is 0 Å². The van der Waals surface area contributed by atoms with Crippen LogP contribution in [-0.4, -0.2) is 5.84 Å². The lowest BCUT2D eigenvalue weighted by atomic mass is 9.88. The van der Waals surface area contributed by atoms with E-state index in [9.17, 15) is 0 Å². The van der Waals surface area contributed by atoms with Crippen molar-refractivity contribution in [2.45, 2.75) is 68.2 Å². The minimum Gasteiger partial charge on any atom is -0.361 e. The minimum absolute atomic E-state index is 0. The van der Waals surface area contributed by atoms with E-state index in [0.29, 0.717) is 11.3 Å². The molecule has 0 unspecified atom stereocenters. The van der Waals surface area contributed by atoms with Crippen LogP contribution in [0.4, 0.5) is 0 Å². The Balaban J connectivity index is 0. The van der Waals surface area contributed by atoms with Crippen LogP contribution in [0.3, 0.4) is 0 Å². The summed E-state index contributed by atoms with van der Waals surface area (Å²) >= 11 is 0. The van der Waals surface area contributed by atoms with Crippen molar-refractivity contribution in [1.82, 2.24) is 5.48 Å². The van der Waals surface area contributed by atoms with Crippen molar-refractivity contribution in [2.24, 2.45) is 15.8 Å². The average Bonchev–Trinajstić information content (AvgIpc) is 2.84. The van der Waals surface area contributed by atoms with Gasteiger partial charge >= 0.3 is 0 Å². The van der Waals surface area contributed by atoms with Crippen LogP contribution in [0.5, 0.6) is 0 Å². The molecule has 0 fully saturated rings. The van der Waals surface area contributed by atoms with Gasteiger partial charge in [-0.15, -0.1) is 0 Å². The molecule has 138 valence electrons. The van der Waals surface area contributed by atoms with Crippen molar-refractivity contribution in [3.8, 4) is 0 Å². The molecule has 0 spiro atoms. The van der Waals surface area contributed by atoms with E-state index in [1.807, 2.05) is 13.8 Å². The Kier molecular flexibility index (Phi) is 9.42. The van der Waals surface area contributed by atoms with Crippen LogP contribution in [0.2, 0.25) is 0 Å². The standard InChI is InChI=1S/C11H16.C8H14N2O.C2H6.H2/c1-11(2,3)9-10-7-5-4-6-8-10;1-6-9-7(10-11-6)5-8(2,3)4;1-2;/h4-8H,9H2,1-3H3;1,5H2,2-4H3,(H,9,10);1-2H3;1H. The van der Waals surface area contributed by atoms with Gasteiger partial charge in [-0.05, 0) is 29.4 Å². The van der Waals surface area contributed by atoms with Gasteiger partial charge in [0.1, 0.15) is 5.84 Å². The zero-order valence-corrected chi connectivity index (χ0v) is 16.9. The molecule has 24 heavy (non-hydrogen) atoms. The molecule has 1 N–H and O–H groups in total. The molecule has 2 rings (SSSR count). The lowest BCUT2D eigenvalue weighted by Crippen LogP contribution is -2.22. The van der Waals surface area contributed by atoms with Gasteiger partial charge in [0.2, 0.25) is 5.88 Å². The second-order valence-electron chi connectivity index (χ2n) is 8.12. The Morgan fingerprint density at radius 3 is 1.83 bits per heavy atom. The van der Waals surface area contributed by atoms with E-state index in [1.54, 1.807) is 0 Å². The molecule has 3 nitrogen and oxygen atoms in total. The number of nitrogens with zero attached hydrogens (tertiary/aromatic N) is 1. The van der Waals surface area contributed by atoms with Gasteiger partial charge in [0.15, 0.2) is 0 Å². The molecule has 3 heteroatoms. The fraction of sp³-hybridized carbons (Fsp3) is 0.571. The van der Waals surface area contributed by atoms with Crippen molar-refractivity contribution in [3.63, 3.8) is 0 Å². The first kappa shape index (κ1) is 22.2. The number of benzene rings is 1. The number of amidine groups is 1. The first-order valence-electron chi connectivity index (χ1n) is 8.78. The summed E-state index contributed by atoms with van der Waals surface area (Å²) in [6.07, 6.45) is 2.04. The minimum atomic E-state index is 0. The highest BCUT2D eigenvalue weighted by Crippen LogP contribution is 2.21. The summed E-state index contributed by atoms with van der Waals surface area (Å²) in [4.78, 5) is 8.93. The molecule has 1 aliphatic rings. The molecule has 0 atom stereocenters. The van der Waals surface area contributed by atoms with E-state index >= 15 is 0 Å². The quantitative estimate of drug-likeness (QED) is 0.681. The van der Waals surface area contributed by atoms with Crippen molar-refractivity contribution in [1.29, 1.82) is 0 Å². The largest absolute Gasteiger partial charge is 0.361 e. The SMILES string of the molecule is C=C1N=C(CC(C)(C)C)NO1.CC.CC(C)(C)Cc1ccccc1.[HH]. The van der Waals surface area contributed by atoms with E-state index in [4.69, 9.17) is 4.84 Å². The first-order chi connectivity index (χ1) is 11.1. The number of rotatable bonds is 2. The lowest BCUT2D eigenvalue weighted by molar-refractivity contribution is 0.175. The van der Waals surface area contributed by atoms with Gasteiger partial charge in [-0.2, -0.15) is 4.99 Å². The number of nitrogens with one attached hydrogen (secondary N) is 1. The van der Waals surface area contributed by atoms with Crippen molar-refractivity contribution >= 4 is 5.84 Å². The summed E-state index contributed by atoms with van der Waals surface area (Å²) < 4.78 is 0. The number of hydrogen-bond donors (Lipinski definition) is 1. The second-order valence-corrected chi connectivity index (χ2v) is 8.12. The van der Waals surface area contributed by atoms with E-state index in [-0.39, 0.29) is 6.84 Å². The summed E-state index contributed by atoms with van der Waals surface area (Å²) in [5.74, 6) is 1.31. The molecule has 1 aromatic carbocycles. The molecule has 0 amide bonds. The van der Waals surface area contributed by atoms with Crippen LogP contribution in [0.25, 0.3) is 0 Å². The molecule has 0 saturated heterocycles. The first-order valence-corrected chi connectivity index (χ1v) is 8.78. The zero-order valence-electron chi connectivity index (χ0n) is 16.9. The third kappa shape index (κ3) is 11.8. The smallest absolute Gasteiger partial charge is 0.240 e. The van der Waals surface area contributed by atoms with Gasteiger partial charge in [0.05, 0.1) is 0 Å². The second kappa shape index (κ2) is 10.2. The van der Waals surface area contributed by atoms with Crippen LogP contribution >= 0.6 is 0 Å². The molecule has 1 aliphatic heterocycles. The molecule has 0 saturated carbocycles. The lowest BCUT2D eigenvalue weighted by Gasteiger charge is -2.17. The molecular weight excluding hydrogens is 296 g/mol. The monoisotopic (exact) mass is 334 g/mol. The normalized spacial score (nSPS) is 13.5. The molecule has 0 aromatic heterocycles. The van der Waals surface area contributed by atoms with E-state index in [0.717, 1.165) is 18.7 Å². The van der Waals surface area contributed by atoms with Gasteiger partial charge in [-0.1, -0.05) is 85.7 Å². The molecule has 0 aliphatic carbocycles. The fourth-order valence-electron chi connectivity index (χ4n) is 2.10. The van der Waals surface area contributed by atoms with Gasteiger partial charge in [-0.25, -0.2) is 5.48 Å². The number of hydrogen-bond acceptors (Lipinski definition) is 3. The Morgan fingerprint density at radius 1 is 0.958 bits per heavy atom. The van der Waals surface area contributed by atoms with Gasteiger partial charge in [-0.3, -0.25) is 0 Å². The third-order valence-electron chi connectivity index (χ3n) is 2.82. The molecule has 1 heterocycles. The van der Waals surface area contributed by atoms with Crippen LogP contribution < -0.4 is 5.48 Å². The Morgan fingerprint density at radius 2 is 1.46 bits per heavy atom. The maximum absolute atomic E-state index is 4.86. The number of hydroxylamine groups is 1. The number of aliphatic imine (C=N–C) groups is 1. The average molecular weight is 335 g/mol. The predicted octanol–water partition coefficient (Wildman–Crippen LogP) is 6.37.